The normalized spacial score (nSPS) is 10.3. The molecule has 0 spiro atoms. The fourth-order valence-electron chi connectivity index (χ4n) is 1.66. The van der Waals surface area contributed by atoms with E-state index in [-0.39, 0.29) is 12.4 Å². The third-order valence-corrected chi connectivity index (χ3v) is 2.55. The first kappa shape index (κ1) is 11.5. The van der Waals surface area contributed by atoms with Gasteiger partial charge in [0.05, 0.1) is 6.61 Å². The molecule has 1 heterocycles. The molecule has 0 unspecified atom stereocenters. The second kappa shape index (κ2) is 4.93. The number of hydrogen-bond acceptors (Lipinski definition) is 3. The number of aliphatic hydroxyl groups is 1. The molecule has 0 aliphatic carbocycles. The summed E-state index contributed by atoms with van der Waals surface area (Å²) < 4.78 is 13.1. The molecular weight excluding hydrogens is 219 g/mol. The van der Waals surface area contributed by atoms with Gasteiger partial charge in [0.2, 0.25) is 0 Å². The van der Waals surface area contributed by atoms with Gasteiger partial charge in [0.25, 0.3) is 0 Å². The Kier molecular flexibility index (Phi) is 3.35. The van der Waals surface area contributed by atoms with E-state index >= 15 is 0 Å². The first-order chi connectivity index (χ1) is 8.22. The van der Waals surface area contributed by atoms with Crippen molar-refractivity contribution in [2.75, 3.05) is 11.9 Å². The van der Waals surface area contributed by atoms with Crippen molar-refractivity contribution in [3.63, 3.8) is 0 Å². The molecule has 0 saturated heterocycles. The summed E-state index contributed by atoms with van der Waals surface area (Å²) in [5.74, 6) is 0.330. The highest BCUT2D eigenvalue weighted by molar-refractivity contribution is 5.61. The van der Waals surface area contributed by atoms with Gasteiger partial charge in [0, 0.05) is 24.5 Å². The van der Waals surface area contributed by atoms with Crippen molar-refractivity contribution < 1.29 is 9.50 Å². The quantitative estimate of drug-likeness (QED) is 0.883. The maximum Gasteiger partial charge on any atom is 0.138 e. The minimum atomic E-state index is -0.296. The summed E-state index contributed by atoms with van der Waals surface area (Å²) >= 11 is 0. The molecule has 2 rings (SSSR count). The lowest BCUT2D eigenvalue weighted by atomic mass is 10.2. The molecule has 0 aliphatic rings. The predicted octanol–water partition coefficient (Wildman–Crippen LogP) is 2.48. The Labute approximate surface area is 99.2 Å². The molecule has 0 saturated carbocycles. The van der Waals surface area contributed by atoms with Crippen molar-refractivity contribution in [2.24, 2.45) is 0 Å². The lowest BCUT2D eigenvalue weighted by molar-refractivity contribution is 0.282. The van der Waals surface area contributed by atoms with Gasteiger partial charge < -0.3 is 10.0 Å². The van der Waals surface area contributed by atoms with Crippen LogP contribution in [0.1, 0.15) is 5.56 Å². The molecule has 0 aliphatic heterocycles. The van der Waals surface area contributed by atoms with Crippen LogP contribution < -0.4 is 4.90 Å². The molecule has 3 nitrogen and oxygen atoms in total. The van der Waals surface area contributed by atoms with Crippen LogP contribution in [0.25, 0.3) is 0 Å². The Morgan fingerprint density at radius 3 is 2.82 bits per heavy atom. The lowest BCUT2D eigenvalue weighted by Crippen LogP contribution is -2.13. The molecule has 0 atom stereocenters. The van der Waals surface area contributed by atoms with E-state index in [0.29, 0.717) is 17.1 Å². The van der Waals surface area contributed by atoms with Crippen molar-refractivity contribution in [3.05, 3.63) is 54.0 Å². The number of benzene rings is 1. The zero-order chi connectivity index (χ0) is 12.3. The minimum Gasteiger partial charge on any atom is -0.392 e. The summed E-state index contributed by atoms with van der Waals surface area (Å²) in [5, 5.41) is 9.23. The highest BCUT2D eigenvalue weighted by Gasteiger charge is 2.10. The number of pyridine rings is 1. The smallest absolute Gasteiger partial charge is 0.138 e. The SMILES string of the molecule is CN(c1cccc(F)c1)c1ncccc1CO. The molecule has 1 aromatic carbocycles. The Morgan fingerprint density at radius 1 is 1.29 bits per heavy atom. The van der Waals surface area contributed by atoms with Crippen molar-refractivity contribution in [1.29, 1.82) is 0 Å². The zero-order valence-corrected chi connectivity index (χ0v) is 9.47. The average Bonchev–Trinajstić information content (AvgIpc) is 2.38. The van der Waals surface area contributed by atoms with Gasteiger partial charge in [-0.25, -0.2) is 9.37 Å². The molecule has 17 heavy (non-hydrogen) atoms. The van der Waals surface area contributed by atoms with Crippen molar-refractivity contribution in [2.45, 2.75) is 6.61 Å². The van der Waals surface area contributed by atoms with E-state index < -0.39 is 0 Å². The highest BCUT2D eigenvalue weighted by Crippen LogP contribution is 2.25. The highest BCUT2D eigenvalue weighted by atomic mass is 19.1. The van der Waals surface area contributed by atoms with Crippen molar-refractivity contribution in [3.8, 4) is 0 Å². The topological polar surface area (TPSA) is 36.4 Å². The van der Waals surface area contributed by atoms with Crippen LogP contribution in [-0.2, 0) is 6.61 Å². The van der Waals surface area contributed by atoms with Crippen LogP contribution in [0.3, 0.4) is 0 Å². The van der Waals surface area contributed by atoms with Crippen LogP contribution in [0.5, 0.6) is 0 Å². The molecule has 0 bridgehead atoms. The molecule has 1 N–H and O–H groups in total. The van der Waals surface area contributed by atoms with E-state index in [1.165, 1.54) is 12.1 Å². The summed E-state index contributed by atoms with van der Waals surface area (Å²) in [5.41, 5.74) is 1.40. The molecule has 2 aromatic rings. The van der Waals surface area contributed by atoms with Gasteiger partial charge in [0.1, 0.15) is 11.6 Å². The first-order valence-electron chi connectivity index (χ1n) is 5.26. The first-order valence-corrected chi connectivity index (χ1v) is 5.26. The number of anilines is 2. The van der Waals surface area contributed by atoms with E-state index in [4.69, 9.17) is 0 Å². The predicted molar refractivity (Wildman–Crippen MR) is 64.6 cm³/mol. The second-order valence-electron chi connectivity index (χ2n) is 3.68. The average molecular weight is 232 g/mol. The maximum atomic E-state index is 13.1. The molecule has 0 amide bonds. The maximum absolute atomic E-state index is 13.1. The minimum absolute atomic E-state index is 0.0944. The molecule has 4 heteroatoms. The van der Waals surface area contributed by atoms with E-state index in [1.54, 1.807) is 42.4 Å². The molecule has 0 radical (unpaired) electrons. The summed E-state index contributed by atoms with van der Waals surface area (Å²) in [4.78, 5) is 5.94. The second-order valence-corrected chi connectivity index (χ2v) is 3.68. The number of aliphatic hydroxyl groups excluding tert-OH is 1. The summed E-state index contributed by atoms with van der Waals surface area (Å²) in [6.45, 7) is -0.0944. The van der Waals surface area contributed by atoms with Gasteiger partial charge in [-0.2, -0.15) is 0 Å². The fraction of sp³-hybridized carbons (Fsp3) is 0.154. The van der Waals surface area contributed by atoms with Crippen LogP contribution in [0.15, 0.2) is 42.6 Å². The van der Waals surface area contributed by atoms with E-state index in [2.05, 4.69) is 4.98 Å². The van der Waals surface area contributed by atoms with E-state index in [1.807, 2.05) is 0 Å². The largest absolute Gasteiger partial charge is 0.392 e. The number of halogens is 1. The number of aromatic nitrogens is 1. The van der Waals surface area contributed by atoms with Gasteiger partial charge in [-0.1, -0.05) is 12.1 Å². The van der Waals surface area contributed by atoms with Gasteiger partial charge >= 0.3 is 0 Å². The van der Waals surface area contributed by atoms with Crippen molar-refractivity contribution in [1.82, 2.24) is 4.98 Å². The van der Waals surface area contributed by atoms with Gasteiger partial charge in [-0.15, -0.1) is 0 Å². The Hall–Kier alpha value is -1.94. The van der Waals surface area contributed by atoms with Crippen LogP contribution in [0.2, 0.25) is 0 Å². The molecule has 88 valence electrons. The summed E-state index contributed by atoms with van der Waals surface area (Å²) in [6.07, 6.45) is 1.64. The van der Waals surface area contributed by atoms with Crippen molar-refractivity contribution >= 4 is 11.5 Å². The number of rotatable bonds is 3. The fourth-order valence-corrected chi connectivity index (χ4v) is 1.66. The number of hydrogen-bond donors (Lipinski definition) is 1. The van der Waals surface area contributed by atoms with Crippen LogP contribution in [0, 0.1) is 5.82 Å². The Balaban J connectivity index is 2.40. The Bertz CT molecular complexity index is 516. The standard InChI is InChI=1S/C13H13FN2O/c1-16(12-6-2-5-11(14)8-12)13-10(9-17)4-3-7-15-13/h2-8,17H,9H2,1H3. The van der Waals surface area contributed by atoms with E-state index in [0.717, 1.165) is 0 Å². The summed E-state index contributed by atoms with van der Waals surface area (Å²) in [6, 6.07) is 9.80. The summed E-state index contributed by atoms with van der Waals surface area (Å²) in [7, 11) is 1.79. The van der Waals surface area contributed by atoms with Gasteiger partial charge in [0.15, 0.2) is 0 Å². The molecule has 0 fully saturated rings. The van der Waals surface area contributed by atoms with Gasteiger partial charge in [-0.3, -0.25) is 0 Å². The zero-order valence-electron chi connectivity index (χ0n) is 9.47. The Morgan fingerprint density at radius 2 is 2.12 bits per heavy atom. The van der Waals surface area contributed by atoms with E-state index in [9.17, 15) is 9.50 Å². The van der Waals surface area contributed by atoms with Crippen LogP contribution in [-0.4, -0.2) is 17.1 Å². The monoisotopic (exact) mass is 232 g/mol. The van der Waals surface area contributed by atoms with Gasteiger partial charge in [-0.05, 0) is 24.3 Å². The van der Waals surface area contributed by atoms with Crippen LogP contribution in [0.4, 0.5) is 15.9 Å². The lowest BCUT2D eigenvalue weighted by Gasteiger charge is -2.20. The molecular formula is C13H13FN2O. The number of nitrogens with zero attached hydrogens (tertiary/aromatic N) is 2. The third kappa shape index (κ3) is 2.42. The van der Waals surface area contributed by atoms with Crippen LogP contribution >= 0.6 is 0 Å². The third-order valence-electron chi connectivity index (χ3n) is 2.55. The molecule has 1 aromatic heterocycles.